The van der Waals surface area contributed by atoms with Gasteiger partial charge in [-0.25, -0.2) is 13.6 Å². The Balaban J connectivity index is 1.89. The van der Waals surface area contributed by atoms with Crippen molar-refractivity contribution in [2.75, 3.05) is 19.8 Å². The molecule has 1 fully saturated rings. The summed E-state index contributed by atoms with van der Waals surface area (Å²) in [5, 5.41) is 10.8. The van der Waals surface area contributed by atoms with Crippen LogP contribution in [0.2, 0.25) is 0 Å². The number of ether oxygens (including phenoxy) is 1. The predicted molar refractivity (Wildman–Crippen MR) is 72.3 cm³/mol. The number of carbonyl (C=O) groups is 1. The zero-order chi connectivity index (χ0) is 14.6. The van der Waals surface area contributed by atoms with Gasteiger partial charge in [0, 0.05) is 13.1 Å². The highest BCUT2D eigenvalue weighted by atomic mass is 32.2. The van der Waals surface area contributed by atoms with Crippen LogP contribution >= 0.6 is 0 Å². The van der Waals surface area contributed by atoms with Gasteiger partial charge < -0.3 is 15.4 Å². The number of sulfonamides is 1. The van der Waals surface area contributed by atoms with Crippen molar-refractivity contribution in [1.82, 2.24) is 10.6 Å². The Bertz CT molecular complexity index is 565. The average Bonchev–Trinajstić information content (AvgIpc) is 2.45. The van der Waals surface area contributed by atoms with Crippen molar-refractivity contribution in [3.8, 4) is 0 Å². The van der Waals surface area contributed by atoms with Gasteiger partial charge in [-0.05, 0) is 17.7 Å². The van der Waals surface area contributed by atoms with Gasteiger partial charge in [0.05, 0.1) is 18.1 Å². The molecule has 20 heavy (non-hydrogen) atoms. The minimum atomic E-state index is -3.68. The summed E-state index contributed by atoms with van der Waals surface area (Å²) < 4.78 is 27.4. The van der Waals surface area contributed by atoms with E-state index in [4.69, 9.17) is 9.88 Å². The molecule has 1 atom stereocenters. The lowest BCUT2D eigenvalue weighted by Crippen LogP contribution is -2.51. The number of benzene rings is 1. The number of amides is 1. The number of nitrogens with two attached hydrogens (primary N) is 1. The molecule has 0 aliphatic carbocycles. The molecule has 0 spiro atoms. The molecule has 1 amide bonds. The van der Waals surface area contributed by atoms with Gasteiger partial charge in [-0.2, -0.15) is 0 Å². The molecule has 2 rings (SSSR count). The molecule has 1 aromatic rings. The van der Waals surface area contributed by atoms with Crippen LogP contribution in [0.15, 0.2) is 29.2 Å². The second kappa shape index (κ2) is 6.31. The molecular weight excluding hydrogens is 282 g/mol. The summed E-state index contributed by atoms with van der Waals surface area (Å²) in [6.07, 6.45) is 0. The van der Waals surface area contributed by atoms with E-state index in [9.17, 15) is 13.2 Å². The van der Waals surface area contributed by atoms with E-state index in [1.807, 2.05) is 0 Å². The Morgan fingerprint density at radius 2 is 2.10 bits per heavy atom. The standard InChI is InChI=1S/C12H17N3O4S/c13-20(17,18)10-3-1-9(2-4-10)7-15-12(16)11-8-19-6-5-14-11/h1-4,11,14H,5-8H2,(H,15,16)(H2,13,17,18). The first-order valence-corrected chi connectivity index (χ1v) is 7.72. The van der Waals surface area contributed by atoms with Crippen LogP contribution in [-0.4, -0.2) is 40.1 Å². The summed E-state index contributed by atoms with van der Waals surface area (Å²) >= 11 is 0. The van der Waals surface area contributed by atoms with Crippen LogP contribution in [0.4, 0.5) is 0 Å². The number of rotatable bonds is 4. The van der Waals surface area contributed by atoms with Crippen LogP contribution in [0.25, 0.3) is 0 Å². The van der Waals surface area contributed by atoms with Gasteiger partial charge >= 0.3 is 0 Å². The van der Waals surface area contributed by atoms with Crippen molar-refractivity contribution in [1.29, 1.82) is 0 Å². The van der Waals surface area contributed by atoms with Crippen molar-refractivity contribution in [3.05, 3.63) is 29.8 Å². The van der Waals surface area contributed by atoms with Crippen molar-refractivity contribution in [2.45, 2.75) is 17.5 Å². The molecule has 7 nitrogen and oxygen atoms in total. The Hall–Kier alpha value is -1.48. The van der Waals surface area contributed by atoms with Crippen LogP contribution in [-0.2, 0) is 26.1 Å². The monoisotopic (exact) mass is 299 g/mol. The molecule has 1 heterocycles. The first-order valence-electron chi connectivity index (χ1n) is 6.17. The van der Waals surface area contributed by atoms with Crippen LogP contribution in [0, 0.1) is 0 Å². The molecule has 0 radical (unpaired) electrons. The Morgan fingerprint density at radius 3 is 2.65 bits per heavy atom. The second-order valence-corrected chi connectivity index (χ2v) is 6.05. The smallest absolute Gasteiger partial charge is 0.239 e. The molecule has 1 aliphatic heterocycles. The summed E-state index contributed by atoms with van der Waals surface area (Å²) in [4.78, 5) is 11.9. The van der Waals surface area contributed by atoms with Gasteiger partial charge in [-0.15, -0.1) is 0 Å². The minimum Gasteiger partial charge on any atom is -0.378 e. The van der Waals surface area contributed by atoms with Crippen molar-refractivity contribution in [3.63, 3.8) is 0 Å². The Labute approximate surface area is 117 Å². The van der Waals surface area contributed by atoms with Gasteiger partial charge in [0.15, 0.2) is 0 Å². The molecule has 0 bridgehead atoms. The maximum absolute atomic E-state index is 11.8. The van der Waals surface area contributed by atoms with E-state index in [2.05, 4.69) is 10.6 Å². The van der Waals surface area contributed by atoms with Crippen LogP contribution in [0.5, 0.6) is 0 Å². The highest BCUT2D eigenvalue weighted by Crippen LogP contribution is 2.08. The number of hydrogen-bond donors (Lipinski definition) is 3. The third-order valence-electron chi connectivity index (χ3n) is 2.96. The molecule has 0 saturated carbocycles. The molecule has 4 N–H and O–H groups in total. The number of primary sulfonamides is 1. The molecule has 1 saturated heterocycles. The van der Waals surface area contributed by atoms with Crippen molar-refractivity contribution in [2.24, 2.45) is 5.14 Å². The maximum atomic E-state index is 11.8. The average molecular weight is 299 g/mol. The van der Waals surface area contributed by atoms with E-state index >= 15 is 0 Å². The Morgan fingerprint density at radius 1 is 1.40 bits per heavy atom. The van der Waals surface area contributed by atoms with E-state index in [1.54, 1.807) is 12.1 Å². The lowest BCUT2D eigenvalue weighted by atomic mass is 10.2. The summed E-state index contributed by atoms with van der Waals surface area (Å²) in [6, 6.07) is 5.72. The molecule has 1 aliphatic rings. The minimum absolute atomic E-state index is 0.0509. The number of carbonyl (C=O) groups excluding carboxylic acids is 1. The fourth-order valence-electron chi connectivity index (χ4n) is 1.84. The van der Waals surface area contributed by atoms with E-state index in [1.165, 1.54) is 12.1 Å². The molecule has 0 aromatic heterocycles. The van der Waals surface area contributed by atoms with Crippen LogP contribution in [0.3, 0.4) is 0 Å². The van der Waals surface area contributed by atoms with Crippen LogP contribution < -0.4 is 15.8 Å². The number of hydrogen-bond acceptors (Lipinski definition) is 5. The highest BCUT2D eigenvalue weighted by molar-refractivity contribution is 7.89. The Kier molecular flexibility index (Phi) is 4.71. The van der Waals surface area contributed by atoms with E-state index in [0.29, 0.717) is 26.3 Å². The SMILES string of the molecule is NS(=O)(=O)c1ccc(CNC(=O)C2COCCN2)cc1. The molecule has 8 heteroatoms. The molecule has 110 valence electrons. The van der Waals surface area contributed by atoms with Gasteiger partial charge in [0.1, 0.15) is 6.04 Å². The first kappa shape index (κ1) is 14.9. The first-order chi connectivity index (χ1) is 9.47. The van der Waals surface area contributed by atoms with Crippen LogP contribution in [0.1, 0.15) is 5.56 Å². The highest BCUT2D eigenvalue weighted by Gasteiger charge is 2.20. The van der Waals surface area contributed by atoms with E-state index in [0.717, 1.165) is 5.56 Å². The number of nitrogens with one attached hydrogen (secondary N) is 2. The van der Waals surface area contributed by atoms with Crippen molar-refractivity contribution < 1.29 is 17.9 Å². The third kappa shape index (κ3) is 4.01. The summed E-state index contributed by atoms with van der Waals surface area (Å²) in [5.41, 5.74) is 0.794. The van der Waals surface area contributed by atoms with E-state index in [-0.39, 0.29) is 16.8 Å². The normalized spacial score (nSPS) is 19.6. The summed E-state index contributed by atoms with van der Waals surface area (Å²) in [7, 11) is -3.68. The zero-order valence-corrected chi connectivity index (χ0v) is 11.7. The maximum Gasteiger partial charge on any atom is 0.239 e. The van der Waals surface area contributed by atoms with Gasteiger partial charge in [0.2, 0.25) is 15.9 Å². The largest absolute Gasteiger partial charge is 0.378 e. The quantitative estimate of drug-likeness (QED) is 0.656. The lowest BCUT2D eigenvalue weighted by Gasteiger charge is -2.22. The van der Waals surface area contributed by atoms with Gasteiger partial charge in [0.25, 0.3) is 0 Å². The summed E-state index contributed by atoms with van der Waals surface area (Å²) in [6.45, 7) is 1.94. The lowest BCUT2D eigenvalue weighted by molar-refractivity contribution is -0.126. The van der Waals surface area contributed by atoms with Gasteiger partial charge in [-0.1, -0.05) is 12.1 Å². The summed E-state index contributed by atoms with van der Waals surface area (Å²) in [5.74, 6) is -0.139. The van der Waals surface area contributed by atoms with E-state index < -0.39 is 10.0 Å². The number of morpholine rings is 1. The molecule has 1 unspecified atom stereocenters. The van der Waals surface area contributed by atoms with Gasteiger partial charge in [-0.3, -0.25) is 4.79 Å². The molecular formula is C12H17N3O4S. The fraction of sp³-hybridized carbons (Fsp3) is 0.417. The molecule has 1 aromatic carbocycles. The van der Waals surface area contributed by atoms with Crippen molar-refractivity contribution >= 4 is 15.9 Å². The predicted octanol–water partition coefficient (Wildman–Crippen LogP) is -1.06. The second-order valence-electron chi connectivity index (χ2n) is 4.49. The topological polar surface area (TPSA) is 111 Å². The fourth-order valence-corrected chi connectivity index (χ4v) is 2.36. The third-order valence-corrected chi connectivity index (χ3v) is 3.89. The zero-order valence-electron chi connectivity index (χ0n) is 10.8.